The molecule has 100 valence electrons. The largest absolute Gasteiger partial charge is 0.310 e. The average molecular weight is 320 g/mol. The van der Waals surface area contributed by atoms with Crippen LogP contribution in [-0.2, 0) is 13.1 Å². The van der Waals surface area contributed by atoms with E-state index in [0.29, 0.717) is 0 Å². The van der Waals surface area contributed by atoms with E-state index in [1.54, 1.807) is 0 Å². The Morgan fingerprint density at radius 1 is 1.42 bits per heavy atom. The van der Waals surface area contributed by atoms with Crippen molar-refractivity contribution in [3.63, 3.8) is 0 Å². The third-order valence-corrected chi connectivity index (χ3v) is 4.12. The van der Waals surface area contributed by atoms with Crippen LogP contribution in [0.1, 0.15) is 29.5 Å². The molecule has 0 atom stereocenters. The predicted molar refractivity (Wildman–Crippen MR) is 80.1 cm³/mol. The number of nitrogens with zero attached hydrogens (tertiary/aromatic N) is 2. The molecule has 1 aliphatic rings. The van der Waals surface area contributed by atoms with Crippen LogP contribution in [0.15, 0.2) is 35.1 Å². The summed E-state index contributed by atoms with van der Waals surface area (Å²) in [6.45, 7) is 3.83. The number of nitrogens with one attached hydrogen (secondary N) is 1. The molecule has 0 bridgehead atoms. The van der Waals surface area contributed by atoms with Gasteiger partial charge in [0.25, 0.3) is 0 Å². The van der Waals surface area contributed by atoms with Crippen molar-refractivity contribution < 1.29 is 0 Å². The Morgan fingerprint density at radius 3 is 2.89 bits per heavy atom. The molecule has 3 rings (SSSR count). The maximum atomic E-state index is 4.33. The number of hydrogen-bond donors (Lipinski definition) is 1. The number of halogens is 1. The predicted octanol–water partition coefficient (Wildman–Crippen LogP) is 3.25. The van der Waals surface area contributed by atoms with Gasteiger partial charge in [0.1, 0.15) is 0 Å². The van der Waals surface area contributed by atoms with Crippen molar-refractivity contribution in [2.45, 2.75) is 38.9 Å². The van der Waals surface area contributed by atoms with Gasteiger partial charge in [-0.15, -0.1) is 0 Å². The fourth-order valence-electron chi connectivity index (χ4n) is 2.11. The normalized spacial score (nSPS) is 14.8. The van der Waals surface area contributed by atoms with Crippen molar-refractivity contribution in [1.82, 2.24) is 15.1 Å². The Hall–Kier alpha value is -1.13. The van der Waals surface area contributed by atoms with Crippen LogP contribution >= 0.6 is 15.9 Å². The third kappa shape index (κ3) is 3.45. The monoisotopic (exact) mass is 319 g/mol. The van der Waals surface area contributed by atoms with E-state index in [0.717, 1.165) is 23.6 Å². The van der Waals surface area contributed by atoms with Gasteiger partial charge < -0.3 is 5.32 Å². The smallest absolute Gasteiger partial charge is 0.0670 e. The highest BCUT2D eigenvalue weighted by Gasteiger charge is 2.19. The third-order valence-electron chi connectivity index (χ3n) is 3.38. The fraction of sp³-hybridized carbons (Fsp3) is 0.400. The highest BCUT2D eigenvalue weighted by atomic mass is 79.9. The van der Waals surface area contributed by atoms with Gasteiger partial charge in [0, 0.05) is 23.3 Å². The second-order valence-electron chi connectivity index (χ2n) is 5.30. The van der Waals surface area contributed by atoms with Crippen LogP contribution in [0.4, 0.5) is 0 Å². The molecule has 3 nitrogen and oxygen atoms in total. The molecular formula is C15H18BrN3. The van der Waals surface area contributed by atoms with E-state index in [9.17, 15) is 0 Å². The summed E-state index contributed by atoms with van der Waals surface area (Å²) in [5, 5.41) is 7.86. The van der Waals surface area contributed by atoms with Gasteiger partial charge in [-0.2, -0.15) is 5.10 Å². The lowest BCUT2D eigenvalue weighted by Crippen LogP contribution is -2.15. The maximum absolute atomic E-state index is 4.33. The summed E-state index contributed by atoms with van der Waals surface area (Å²) < 4.78 is 3.13. The van der Waals surface area contributed by atoms with Gasteiger partial charge in [-0.3, -0.25) is 4.68 Å². The van der Waals surface area contributed by atoms with Crippen molar-refractivity contribution >= 4 is 15.9 Å². The molecule has 1 N–H and O–H groups in total. The average Bonchev–Trinajstić information content (AvgIpc) is 3.13. The zero-order chi connectivity index (χ0) is 13.2. The van der Waals surface area contributed by atoms with Gasteiger partial charge >= 0.3 is 0 Å². The van der Waals surface area contributed by atoms with Crippen LogP contribution in [0.5, 0.6) is 0 Å². The summed E-state index contributed by atoms with van der Waals surface area (Å²) in [5.74, 6) is 0. The van der Waals surface area contributed by atoms with E-state index in [4.69, 9.17) is 0 Å². The second kappa shape index (κ2) is 5.47. The van der Waals surface area contributed by atoms with Gasteiger partial charge in [0.15, 0.2) is 0 Å². The minimum Gasteiger partial charge on any atom is -0.310 e. The van der Waals surface area contributed by atoms with Crippen LogP contribution in [0.2, 0.25) is 0 Å². The lowest BCUT2D eigenvalue weighted by atomic mass is 10.1. The zero-order valence-electron chi connectivity index (χ0n) is 11.1. The van der Waals surface area contributed by atoms with Gasteiger partial charge in [-0.25, -0.2) is 0 Å². The number of benzene rings is 1. The van der Waals surface area contributed by atoms with E-state index < -0.39 is 0 Å². The molecule has 0 saturated heterocycles. The van der Waals surface area contributed by atoms with Crippen LogP contribution < -0.4 is 5.32 Å². The molecule has 1 saturated carbocycles. The second-order valence-corrected chi connectivity index (χ2v) is 6.15. The molecule has 1 heterocycles. The van der Waals surface area contributed by atoms with Crippen molar-refractivity contribution in [3.8, 4) is 0 Å². The molecule has 0 spiro atoms. The summed E-state index contributed by atoms with van der Waals surface area (Å²) in [7, 11) is 0. The molecule has 0 amide bonds. The quantitative estimate of drug-likeness (QED) is 0.916. The highest BCUT2D eigenvalue weighted by molar-refractivity contribution is 9.10. The first-order chi connectivity index (χ1) is 9.20. The molecule has 1 fully saturated rings. The van der Waals surface area contributed by atoms with Crippen molar-refractivity contribution in [2.24, 2.45) is 0 Å². The number of hydrogen-bond acceptors (Lipinski definition) is 2. The zero-order valence-corrected chi connectivity index (χ0v) is 12.7. The van der Waals surface area contributed by atoms with E-state index in [-0.39, 0.29) is 0 Å². The van der Waals surface area contributed by atoms with E-state index >= 15 is 0 Å². The first-order valence-electron chi connectivity index (χ1n) is 6.70. The number of aromatic nitrogens is 2. The highest BCUT2D eigenvalue weighted by Crippen LogP contribution is 2.22. The molecule has 1 aliphatic carbocycles. The summed E-state index contributed by atoms with van der Waals surface area (Å²) in [5.41, 5.74) is 3.79. The van der Waals surface area contributed by atoms with Crippen LogP contribution in [0.3, 0.4) is 0 Å². The lowest BCUT2D eigenvalue weighted by molar-refractivity contribution is 0.677. The molecule has 0 radical (unpaired) electrons. The Morgan fingerprint density at radius 2 is 2.26 bits per heavy atom. The van der Waals surface area contributed by atoms with E-state index in [1.165, 1.54) is 29.5 Å². The Bertz CT molecular complexity index is 573. The van der Waals surface area contributed by atoms with Gasteiger partial charge in [0.05, 0.1) is 12.7 Å². The van der Waals surface area contributed by atoms with Crippen LogP contribution in [0.25, 0.3) is 0 Å². The van der Waals surface area contributed by atoms with Crippen molar-refractivity contribution in [3.05, 3.63) is 51.8 Å². The molecular weight excluding hydrogens is 302 g/mol. The summed E-state index contributed by atoms with van der Waals surface area (Å²) in [6.07, 6.45) is 6.62. The number of rotatable bonds is 5. The molecule has 1 aromatic carbocycles. The summed E-state index contributed by atoms with van der Waals surface area (Å²) in [4.78, 5) is 0. The first-order valence-corrected chi connectivity index (χ1v) is 7.50. The first kappa shape index (κ1) is 12.9. The standard InChI is InChI=1S/C15H18BrN3/c1-11-7-18-19(9-11)10-13-3-2-12(6-15(13)16)8-17-14-4-5-14/h2-3,6-7,9,14,17H,4-5,8,10H2,1H3. The Labute approximate surface area is 122 Å². The van der Waals surface area contributed by atoms with Gasteiger partial charge in [0.2, 0.25) is 0 Å². The van der Waals surface area contributed by atoms with Crippen molar-refractivity contribution in [2.75, 3.05) is 0 Å². The topological polar surface area (TPSA) is 29.9 Å². The Kier molecular flexibility index (Phi) is 3.71. The lowest BCUT2D eigenvalue weighted by Gasteiger charge is -2.08. The molecule has 4 heteroatoms. The fourth-order valence-corrected chi connectivity index (χ4v) is 2.66. The van der Waals surface area contributed by atoms with Crippen LogP contribution in [0, 0.1) is 6.92 Å². The number of aryl methyl sites for hydroxylation is 1. The van der Waals surface area contributed by atoms with Crippen LogP contribution in [-0.4, -0.2) is 15.8 Å². The molecule has 0 unspecified atom stereocenters. The molecule has 2 aromatic rings. The molecule has 19 heavy (non-hydrogen) atoms. The molecule has 0 aliphatic heterocycles. The van der Waals surface area contributed by atoms with Gasteiger partial charge in [-0.05, 0) is 42.5 Å². The van der Waals surface area contributed by atoms with Crippen molar-refractivity contribution in [1.29, 1.82) is 0 Å². The minimum atomic E-state index is 0.755. The Balaban J connectivity index is 1.67. The van der Waals surface area contributed by atoms with E-state index in [2.05, 4.69) is 57.7 Å². The summed E-state index contributed by atoms with van der Waals surface area (Å²) >= 11 is 3.67. The van der Waals surface area contributed by atoms with Gasteiger partial charge in [-0.1, -0.05) is 28.1 Å². The minimum absolute atomic E-state index is 0.755. The summed E-state index contributed by atoms with van der Waals surface area (Å²) in [6, 6.07) is 7.35. The maximum Gasteiger partial charge on any atom is 0.0670 e. The van der Waals surface area contributed by atoms with E-state index in [1.807, 2.05) is 10.9 Å². The molecule has 1 aromatic heterocycles. The SMILES string of the molecule is Cc1cnn(Cc2ccc(CNC3CC3)cc2Br)c1.